The van der Waals surface area contributed by atoms with Crippen molar-refractivity contribution in [1.82, 2.24) is 19.9 Å². The number of carbonyl (C=O) groups is 1. The lowest BCUT2D eigenvalue weighted by Gasteiger charge is -2.20. The molecule has 0 saturated carbocycles. The Hall–Kier alpha value is -2.89. The number of hydrogen-bond acceptors (Lipinski definition) is 4. The number of imidazole rings is 1. The number of carbonyl (C=O) groups excluding carboxylic acids is 1. The molecule has 1 aliphatic heterocycles. The number of para-hydroxylation sites is 1. The maximum Gasteiger partial charge on any atom is 0.255 e. The number of hydrogen-bond donors (Lipinski definition) is 1. The first-order valence-corrected chi connectivity index (χ1v) is 9.20. The summed E-state index contributed by atoms with van der Waals surface area (Å²) < 4.78 is 2.01. The number of fused-ring (bicyclic) bond motifs is 1. The number of pyridine rings is 1. The predicted octanol–water partition coefficient (Wildman–Crippen LogP) is 2.85. The minimum Gasteiger partial charge on any atom is -0.356 e. The second-order valence-electron chi connectivity index (χ2n) is 6.66. The molecule has 1 saturated heterocycles. The first kappa shape index (κ1) is 16.6. The average molecular weight is 349 g/mol. The summed E-state index contributed by atoms with van der Waals surface area (Å²) in [5.41, 5.74) is 1.61. The van der Waals surface area contributed by atoms with Gasteiger partial charge in [-0.3, -0.25) is 4.79 Å². The normalized spacial score (nSPS) is 14.1. The molecule has 1 aliphatic rings. The second-order valence-corrected chi connectivity index (χ2v) is 6.66. The molecule has 0 radical (unpaired) electrons. The highest BCUT2D eigenvalue weighted by Gasteiger charge is 2.21. The van der Waals surface area contributed by atoms with E-state index in [0.29, 0.717) is 12.1 Å². The maximum atomic E-state index is 12.8. The van der Waals surface area contributed by atoms with Crippen LogP contribution in [0.3, 0.4) is 0 Å². The molecule has 6 heteroatoms. The zero-order chi connectivity index (χ0) is 17.8. The van der Waals surface area contributed by atoms with Crippen LogP contribution in [-0.2, 0) is 6.54 Å². The van der Waals surface area contributed by atoms with Crippen molar-refractivity contribution in [2.45, 2.75) is 25.8 Å². The number of benzene rings is 1. The molecule has 26 heavy (non-hydrogen) atoms. The van der Waals surface area contributed by atoms with E-state index in [2.05, 4.69) is 15.2 Å². The summed E-state index contributed by atoms with van der Waals surface area (Å²) in [5, 5.41) is 4.05. The van der Waals surface area contributed by atoms with Crippen LogP contribution >= 0.6 is 0 Å². The molecule has 1 aromatic carbocycles. The summed E-state index contributed by atoms with van der Waals surface area (Å²) in [6.45, 7) is 3.40. The van der Waals surface area contributed by atoms with E-state index < -0.39 is 0 Å². The third-order valence-corrected chi connectivity index (χ3v) is 4.79. The van der Waals surface area contributed by atoms with Crippen molar-refractivity contribution < 1.29 is 4.79 Å². The van der Waals surface area contributed by atoms with E-state index in [4.69, 9.17) is 4.98 Å². The van der Waals surface area contributed by atoms with Crippen molar-refractivity contribution in [1.29, 1.82) is 0 Å². The topological polar surface area (TPSA) is 63.1 Å². The summed E-state index contributed by atoms with van der Waals surface area (Å²) in [5.74, 6) is 0.768. The summed E-state index contributed by atoms with van der Waals surface area (Å²) >= 11 is 0. The van der Waals surface area contributed by atoms with E-state index in [0.717, 1.165) is 55.6 Å². The van der Waals surface area contributed by atoms with Crippen LogP contribution in [0.25, 0.3) is 10.9 Å². The number of rotatable bonds is 6. The van der Waals surface area contributed by atoms with Gasteiger partial charge < -0.3 is 14.8 Å². The van der Waals surface area contributed by atoms with E-state index in [9.17, 15) is 4.79 Å². The van der Waals surface area contributed by atoms with Crippen LogP contribution in [-0.4, -0.2) is 40.1 Å². The Labute approximate surface area is 152 Å². The van der Waals surface area contributed by atoms with Gasteiger partial charge in [0, 0.05) is 44.0 Å². The molecule has 0 bridgehead atoms. The largest absolute Gasteiger partial charge is 0.356 e. The second kappa shape index (κ2) is 7.56. The smallest absolute Gasteiger partial charge is 0.255 e. The number of nitrogens with one attached hydrogen (secondary N) is 1. The van der Waals surface area contributed by atoms with E-state index in [1.807, 2.05) is 41.1 Å². The lowest BCUT2D eigenvalue weighted by Crippen LogP contribution is -2.29. The molecule has 0 spiro atoms. The van der Waals surface area contributed by atoms with Gasteiger partial charge in [0.15, 0.2) is 0 Å². The van der Waals surface area contributed by atoms with Gasteiger partial charge in [0.1, 0.15) is 5.82 Å². The van der Waals surface area contributed by atoms with Crippen molar-refractivity contribution in [3.63, 3.8) is 0 Å². The molecule has 134 valence electrons. The molecule has 0 aliphatic carbocycles. The van der Waals surface area contributed by atoms with E-state index >= 15 is 0 Å². The molecule has 1 N–H and O–H groups in total. The zero-order valence-electron chi connectivity index (χ0n) is 14.8. The summed E-state index contributed by atoms with van der Waals surface area (Å²) in [6, 6.07) is 9.94. The van der Waals surface area contributed by atoms with Gasteiger partial charge in [-0.1, -0.05) is 18.2 Å². The molecule has 2 aromatic heterocycles. The van der Waals surface area contributed by atoms with Crippen LogP contribution in [0.2, 0.25) is 0 Å². The minimum absolute atomic E-state index is 0.0456. The Morgan fingerprint density at radius 2 is 2.04 bits per heavy atom. The fourth-order valence-corrected chi connectivity index (χ4v) is 3.42. The first-order valence-electron chi connectivity index (χ1n) is 9.20. The molecule has 6 nitrogen and oxygen atoms in total. The predicted molar refractivity (Wildman–Crippen MR) is 102 cm³/mol. The highest BCUT2D eigenvalue weighted by atomic mass is 16.1. The van der Waals surface area contributed by atoms with Crippen molar-refractivity contribution in [3.05, 3.63) is 54.6 Å². The van der Waals surface area contributed by atoms with Crippen LogP contribution < -0.4 is 10.2 Å². The van der Waals surface area contributed by atoms with Gasteiger partial charge in [0.25, 0.3) is 5.91 Å². The van der Waals surface area contributed by atoms with E-state index in [-0.39, 0.29) is 5.91 Å². The van der Waals surface area contributed by atoms with Crippen LogP contribution in [0.15, 0.2) is 49.1 Å². The van der Waals surface area contributed by atoms with Gasteiger partial charge in [-0.15, -0.1) is 0 Å². The monoisotopic (exact) mass is 349 g/mol. The maximum absolute atomic E-state index is 12.8. The fourth-order valence-electron chi connectivity index (χ4n) is 3.42. The number of amides is 1. The van der Waals surface area contributed by atoms with Gasteiger partial charge >= 0.3 is 0 Å². The molecule has 3 heterocycles. The van der Waals surface area contributed by atoms with Crippen LogP contribution in [0.4, 0.5) is 5.82 Å². The lowest BCUT2D eigenvalue weighted by atomic mass is 10.1. The van der Waals surface area contributed by atoms with Crippen LogP contribution in [0.5, 0.6) is 0 Å². The minimum atomic E-state index is -0.0456. The molecule has 3 aromatic rings. The molecule has 0 unspecified atom stereocenters. The lowest BCUT2D eigenvalue weighted by molar-refractivity contribution is 0.0953. The van der Waals surface area contributed by atoms with Gasteiger partial charge in [-0.2, -0.15) is 0 Å². The Morgan fingerprint density at radius 1 is 1.19 bits per heavy atom. The molecular weight excluding hydrogens is 326 g/mol. The number of aromatic nitrogens is 3. The number of nitrogens with zero attached hydrogens (tertiary/aromatic N) is 4. The molecule has 4 rings (SSSR count). The first-order chi connectivity index (χ1) is 12.8. The molecule has 1 amide bonds. The van der Waals surface area contributed by atoms with Crippen LogP contribution in [0.1, 0.15) is 29.6 Å². The van der Waals surface area contributed by atoms with Crippen molar-refractivity contribution >= 4 is 22.6 Å². The Balaban J connectivity index is 1.51. The van der Waals surface area contributed by atoms with Gasteiger partial charge in [0.2, 0.25) is 0 Å². The summed E-state index contributed by atoms with van der Waals surface area (Å²) in [4.78, 5) is 23.9. The highest BCUT2D eigenvalue weighted by Crippen LogP contribution is 2.26. The third-order valence-electron chi connectivity index (χ3n) is 4.79. The Bertz CT molecular complexity index is 884. The van der Waals surface area contributed by atoms with Gasteiger partial charge in [-0.25, -0.2) is 9.97 Å². The van der Waals surface area contributed by atoms with E-state index in [1.165, 1.54) is 0 Å². The SMILES string of the molecule is O=C(NCCCn1ccnc1)c1cc2ccccc2nc1N1CCCC1. The quantitative estimate of drug-likeness (QED) is 0.695. The molecule has 1 fully saturated rings. The number of anilines is 1. The standard InChI is InChI=1S/C20H23N5O/c26-20(22-8-5-10-24-13-9-21-15-24)17-14-16-6-1-2-7-18(16)23-19(17)25-11-3-4-12-25/h1-2,6-7,9,13-15H,3-5,8,10-12H2,(H,22,26). The van der Waals surface area contributed by atoms with Crippen molar-refractivity contribution in [2.24, 2.45) is 0 Å². The zero-order valence-corrected chi connectivity index (χ0v) is 14.8. The Kier molecular flexibility index (Phi) is 4.82. The van der Waals surface area contributed by atoms with Crippen LogP contribution in [0, 0.1) is 0 Å². The molecule has 0 atom stereocenters. The Morgan fingerprint density at radius 3 is 2.85 bits per heavy atom. The summed E-state index contributed by atoms with van der Waals surface area (Å²) in [6.07, 6.45) is 8.66. The van der Waals surface area contributed by atoms with Gasteiger partial charge in [-0.05, 0) is 31.4 Å². The fraction of sp³-hybridized carbons (Fsp3) is 0.350. The number of aryl methyl sites for hydroxylation is 1. The van der Waals surface area contributed by atoms with E-state index in [1.54, 1.807) is 12.5 Å². The van der Waals surface area contributed by atoms with Crippen molar-refractivity contribution in [3.8, 4) is 0 Å². The average Bonchev–Trinajstić information content (AvgIpc) is 3.38. The van der Waals surface area contributed by atoms with Gasteiger partial charge in [0.05, 0.1) is 17.4 Å². The molecular formula is C20H23N5O. The summed E-state index contributed by atoms with van der Waals surface area (Å²) in [7, 11) is 0. The highest BCUT2D eigenvalue weighted by molar-refractivity contribution is 6.02. The third kappa shape index (κ3) is 3.54. The van der Waals surface area contributed by atoms with Crippen molar-refractivity contribution in [2.75, 3.05) is 24.5 Å².